The van der Waals surface area contributed by atoms with Crippen LogP contribution in [0, 0.1) is 0 Å². The summed E-state index contributed by atoms with van der Waals surface area (Å²) >= 11 is 0. The Kier molecular flexibility index (Phi) is 3.70. The van der Waals surface area contributed by atoms with E-state index < -0.39 is 0 Å². The Balaban J connectivity index is 2.17. The fourth-order valence-corrected chi connectivity index (χ4v) is 1.99. The summed E-state index contributed by atoms with van der Waals surface area (Å²) in [5.74, 6) is 0.248. The van der Waals surface area contributed by atoms with Gasteiger partial charge in [0, 0.05) is 18.7 Å². The van der Waals surface area contributed by atoms with Crippen LogP contribution in [0.4, 0.5) is 10.5 Å². The number of anilines is 1. The van der Waals surface area contributed by atoms with Gasteiger partial charge in [-0.1, -0.05) is 37.3 Å². The van der Waals surface area contributed by atoms with Gasteiger partial charge in [0.1, 0.15) is 0 Å². The lowest BCUT2D eigenvalue weighted by Crippen LogP contribution is -2.49. The quantitative estimate of drug-likeness (QED) is 0.813. The van der Waals surface area contributed by atoms with E-state index in [2.05, 4.69) is 26.4 Å². The standard InChI is InChI=1S/C13H16BN2O2/c1-9(2)14-10-4-3-5-11(8-10)16-7-6-12(17)15-13(16)18/h3-5,8-9H,6-7H2,1-2H3,(H,15,17,18). The minimum Gasteiger partial charge on any atom is -0.294 e. The largest absolute Gasteiger partial charge is 0.328 e. The monoisotopic (exact) mass is 243 g/mol. The smallest absolute Gasteiger partial charge is 0.294 e. The molecule has 1 heterocycles. The highest BCUT2D eigenvalue weighted by Gasteiger charge is 2.24. The number of hydrogen-bond donors (Lipinski definition) is 1. The second-order valence-corrected chi connectivity index (χ2v) is 4.76. The summed E-state index contributed by atoms with van der Waals surface area (Å²) in [7, 11) is 2.14. The lowest BCUT2D eigenvalue weighted by molar-refractivity contribution is -0.120. The normalized spacial score (nSPS) is 15.8. The molecule has 0 atom stereocenters. The van der Waals surface area contributed by atoms with Gasteiger partial charge in [0.2, 0.25) is 5.91 Å². The van der Waals surface area contributed by atoms with Crippen molar-refractivity contribution in [1.29, 1.82) is 0 Å². The second-order valence-electron chi connectivity index (χ2n) is 4.76. The zero-order valence-corrected chi connectivity index (χ0v) is 10.6. The summed E-state index contributed by atoms with van der Waals surface area (Å²) < 4.78 is 0. The number of hydrogen-bond acceptors (Lipinski definition) is 2. The predicted molar refractivity (Wildman–Crippen MR) is 72.4 cm³/mol. The summed E-state index contributed by atoms with van der Waals surface area (Å²) in [6.45, 7) is 4.66. The van der Waals surface area contributed by atoms with Crippen LogP contribution in [0.3, 0.4) is 0 Å². The van der Waals surface area contributed by atoms with Crippen LogP contribution in [0.15, 0.2) is 24.3 Å². The van der Waals surface area contributed by atoms with Gasteiger partial charge in [0.15, 0.2) is 7.28 Å². The Morgan fingerprint density at radius 1 is 1.33 bits per heavy atom. The molecule has 0 bridgehead atoms. The van der Waals surface area contributed by atoms with Crippen LogP contribution in [0.1, 0.15) is 20.3 Å². The van der Waals surface area contributed by atoms with E-state index in [4.69, 9.17) is 0 Å². The number of benzene rings is 1. The van der Waals surface area contributed by atoms with E-state index in [-0.39, 0.29) is 11.9 Å². The minimum absolute atomic E-state index is 0.207. The lowest BCUT2D eigenvalue weighted by atomic mass is 9.61. The van der Waals surface area contributed by atoms with Gasteiger partial charge in [-0.25, -0.2) is 4.79 Å². The van der Waals surface area contributed by atoms with E-state index in [1.54, 1.807) is 4.90 Å². The number of nitrogens with one attached hydrogen (secondary N) is 1. The molecule has 1 aliphatic rings. The summed E-state index contributed by atoms with van der Waals surface area (Å²) in [5.41, 5.74) is 1.92. The maximum atomic E-state index is 11.7. The molecule has 0 unspecified atom stereocenters. The van der Waals surface area contributed by atoms with Gasteiger partial charge >= 0.3 is 6.03 Å². The van der Waals surface area contributed by atoms with Crippen molar-refractivity contribution in [3.05, 3.63) is 24.3 Å². The Bertz CT molecular complexity index is 474. The number of rotatable bonds is 3. The van der Waals surface area contributed by atoms with Gasteiger partial charge in [0.05, 0.1) is 0 Å². The van der Waals surface area contributed by atoms with Crippen LogP contribution in [0.2, 0.25) is 5.82 Å². The third-order valence-corrected chi connectivity index (χ3v) is 2.76. The van der Waals surface area contributed by atoms with E-state index in [9.17, 15) is 9.59 Å². The maximum absolute atomic E-state index is 11.7. The summed E-state index contributed by atoms with van der Waals surface area (Å²) in [6.07, 6.45) is 0.351. The molecule has 1 aromatic carbocycles. The highest BCUT2D eigenvalue weighted by Crippen LogP contribution is 2.15. The van der Waals surface area contributed by atoms with Crippen molar-refractivity contribution in [3.8, 4) is 0 Å². The van der Waals surface area contributed by atoms with Crippen LogP contribution in [0.25, 0.3) is 0 Å². The molecule has 1 saturated heterocycles. The summed E-state index contributed by atoms with van der Waals surface area (Å²) in [6, 6.07) is 7.44. The van der Waals surface area contributed by atoms with Crippen molar-refractivity contribution in [2.24, 2.45) is 0 Å². The average molecular weight is 243 g/mol. The van der Waals surface area contributed by atoms with Crippen LogP contribution in [-0.4, -0.2) is 25.8 Å². The molecule has 0 aromatic heterocycles. The number of amides is 3. The van der Waals surface area contributed by atoms with Gasteiger partial charge in [-0.3, -0.25) is 15.0 Å². The average Bonchev–Trinajstić information content (AvgIpc) is 2.28. The maximum Gasteiger partial charge on any atom is 0.328 e. The van der Waals surface area contributed by atoms with Crippen molar-refractivity contribution in [3.63, 3.8) is 0 Å². The molecule has 1 N–H and O–H groups in total. The molecular formula is C13H16BN2O2. The van der Waals surface area contributed by atoms with Crippen LogP contribution >= 0.6 is 0 Å². The van der Waals surface area contributed by atoms with Crippen molar-refractivity contribution in [2.75, 3.05) is 11.4 Å². The molecule has 3 amide bonds. The molecule has 1 fully saturated rings. The number of imide groups is 1. The SMILES string of the molecule is CC(C)[B]c1cccc(N2CCC(=O)NC2=O)c1. The number of nitrogens with zero attached hydrogens (tertiary/aromatic N) is 1. The Hall–Kier alpha value is -1.78. The number of carbonyl (C=O) groups excluding carboxylic acids is 2. The molecule has 0 aliphatic carbocycles. The Morgan fingerprint density at radius 2 is 2.11 bits per heavy atom. The highest BCUT2D eigenvalue weighted by molar-refractivity contribution is 6.54. The van der Waals surface area contributed by atoms with Crippen LogP contribution in [-0.2, 0) is 4.79 Å². The third-order valence-electron chi connectivity index (χ3n) is 2.76. The molecule has 93 valence electrons. The van der Waals surface area contributed by atoms with Gasteiger partial charge in [-0.05, 0) is 12.1 Å². The molecule has 18 heavy (non-hydrogen) atoms. The van der Waals surface area contributed by atoms with Gasteiger partial charge in [-0.15, -0.1) is 0 Å². The van der Waals surface area contributed by atoms with Gasteiger partial charge in [-0.2, -0.15) is 0 Å². The topological polar surface area (TPSA) is 49.4 Å². The molecule has 5 heteroatoms. The van der Waals surface area contributed by atoms with E-state index in [1.807, 2.05) is 24.3 Å². The van der Waals surface area contributed by atoms with E-state index in [1.165, 1.54) is 0 Å². The summed E-state index contributed by atoms with van der Waals surface area (Å²) in [5, 5.41) is 2.33. The molecule has 1 radical (unpaired) electrons. The number of urea groups is 1. The number of carbonyl (C=O) groups is 2. The Morgan fingerprint density at radius 3 is 2.78 bits per heavy atom. The predicted octanol–water partition coefficient (Wildman–Crippen LogP) is 1.29. The summed E-state index contributed by atoms with van der Waals surface area (Å²) in [4.78, 5) is 24.4. The first-order chi connectivity index (χ1) is 8.56. The van der Waals surface area contributed by atoms with Crippen molar-refractivity contribution in [1.82, 2.24) is 5.32 Å². The zero-order chi connectivity index (χ0) is 13.1. The first-order valence-electron chi connectivity index (χ1n) is 6.12. The van der Waals surface area contributed by atoms with Gasteiger partial charge in [0.25, 0.3) is 0 Å². The fourth-order valence-electron chi connectivity index (χ4n) is 1.99. The molecule has 4 nitrogen and oxygen atoms in total. The van der Waals surface area contributed by atoms with Crippen LogP contribution in [0.5, 0.6) is 0 Å². The third kappa shape index (κ3) is 2.91. The molecule has 1 aromatic rings. The van der Waals surface area contributed by atoms with E-state index in [0.29, 0.717) is 18.8 Å². The molecular weight excluding hydrogens is 227 g/mol. The van der Waals surface area contributed by atoms with Crippen LogP contribution < -0.4 is 15.7 Å². The van der Waals surface area contributed by atoms with Crippen molar-refractivity contribution < 1.29 is 9.59 Å². The van der Waals surface area contributed by atoms with Crippen molar-refractivity contribution >= 4 is 30.4 Å². The second kappa shape index (κ2) is 5.25. The van der Waals surface area contributed by atoms with Gasteiger partial charge < -0.3 is 0 Å². The molecule has 0 spiro atoms. The first-order valence-corrected chi connectivity index (χ1v) is 6.12. The Labute approximate surface area is 108 Å². The molecule has 1 aliphatic heterocycles. The first kappa shape index (κ1) is 12.7. The molecule has 2 rings (SSSR count). The zero-order valence-electron chi connectivity index (χ0n) is 10.6. The minimum atomic E-state index is -0.340. The highest BCUT2D eigenvalue weighted by atomic mass is 16.2. The van der Waals surface area contributed by atoms with E-state index >= 15 is 0 Å². The lowest BCUT2D eigenvalue weighted by Gasteiger charge is -2.27. The van der Waals surface area contributed by atoms with Crippen molar-refractivity contribution in [2.45, 2.75) is 26.1 Å². The van der Waals surface area contributed by atoms with E-state index in [0.717, 1.165) is 11.2 Å². The molecule has 0 saturated carbocycles. The fraction of sp³-hybridized carbons (Fsp3) is 0.385.